The minimum atomic E-state index is -0.380. The van der Waals surface area contributed by atoms with Gasteiger partial charge in [0.2, 0.25) is 5.89 Å². The molecule has 0 aliphatic carbocycles. The maximum Gasteiger partial charge on any atom is 0.319 e. The van der Waals surface area contributed by atoms with E-state index in [1.807, 2.05) is 31.2 Å². The number of benzene rings is 2. The predicted octanol–water partition coefficient (Wildman–Crippen LogP) is 3.49. The fourth-order valence-electron chi connectivity index (χ4n) is 3.44. The zero-order chi connectivity index (χ0) is 22.3. The van der Waals surface area contributed by atoms with Gasteiger partial charge in [-0.05, 0) is 31.2 Å². The highest BCUT2D eigenvalue weighted by Crippen LogP contribution is 2.20. The van der Waals surface area contributed by atoms with Crippen LogP contribution in [-0.2, 0) is 11.2 Å². The maximum atomic E-state index is 12.8. The first-order chi connectivity index (χ1) is 15.6. The monoisotopic (exact) mass is 434 g/mol. The standard InChI is InChI=1S/C24H26N4O4/c1-17-6-8-18(9-7-17)22-26-19(16-32-22)10-11-25-24(30)27-21-5-3-2-4-20(21)23(29)28-12-14-31-15-13-28/h2-9,16H,10-15H2,1H3,(H2,25,27,30). The molecule has 2 aromatic carbocycles. The second kappa shape index (κ2) is 10.1. The van der Waals surface area contributed by atoms with E-state index < -0.39 is 0 Å². The Labute approximate surface area is 186 Å². The first-order valence-electron chi connectivity index (χ1n) is 10.6. The average Bonchev–Trinajstić information content (AvgIpc) is 3.29. The first-order valence-corrected chi connectivity index (χ1v) is 10.6. The quantitative estimate of drug-likeness (QED) is 0.619. The molecular weight excluding hydrogens is 408 g/mol. The number of aryl methyl sites for hydroxylation is 1. The van der Waals surface area contributed by atoms with Gasteiger partial charge in [0.15, 0.2) is 0 Å². The van der Waals surface area contributed by atoms with Crippen LogP contribution < -0.4 is 10.6 Å². The number of para-hydroxylation sites is 1. The molecule has 166 valence electrons. The van der Waals surface area contributed by atoms with Crippen molar-refractivity contribution < 1.29 is 18.7 Å². The van der Waals surface area contributed by atoms with E-state index in [0.717, 1.165) is 11.3 Å². The molecule has 1 aromatic heterocycles. The van der Waals surface area contributed by atoms with E-state index in [0.29, 0.717) is 56.4 Å². The van der Waals surface area contributed by atoms with E-state index in [9.17, 15) is 9.59 Å². The largest absolute Gasteiger partial charge is 0.444 e. The van der Waals surface area contributed by atoms with Crippen molar-refractivity contribution in [1.29, 1.82) is 0 Å². The number of amides is 3. The molecule has 1 fully saturated rings. The third-order valence-corrected chi connectivity index (χ3v) is 5.22. The topological polar surface area (TPSA) is 96.7 Å². The van der Waals surface area contributed by atoms with Crippen LogP contribution in [0.4, 0.5) is 10.5 Å². The van der Waals surface area contributed by atoms with Gasteiger partial charge in [0.05, 0.1) is 30.2 Å². The Morgan fingerprint density at radius 3 is 2.59 bits per heavy atom. The summed E-state index contributed by atoms with van der Waals surface area (Å²) in [6.45, 7) is 4.54. The molecule has 4 rings (SSSR count). The lowest BCUT2D eigenvalue weighted by Crippen LogP contribution is -2.41. The van der Waals surface area contributed by atoms with Crippen molar-refractivity contribution in [2.24, 2.45) is 0 Å². The minimum absolute atomic E-state index is 0.115. The van der Waals surface area contributed by atoms with Crippen LogP contribution in [0.5, 0.6) is 0 Å². The van der Waals surface area contributed by atoms with E-state index in [4.69, 9.17) is 9.15 Å². The molecule has 8 nitrogen and oxygen atoms in total. The molecule has 8 heteroatoms. The minimum Gasteiger partial charge on any atom is -0.444 e. The lowest BCUT2D eigenvalue weighted by molar-refractivity contribution is 0.0303. The van der Waals surface area contributed by atoms with Gasteiger partial charge in [-0.1, -0.05) is 29.8 Å². The number of nitrogens with zero attached hydrogens (tertiary/aromatic N) is 2. The number of urea groups is 1. The van der Waals surface area contributed by atoms with Crippen LogP contribution in [0, 0.1) is 6.92 Å². The molecule has 3 amide bonds. The summed E-state index contributed by atoms with van der Waals surface area (Å²) in [4.78, 5) is 31.4. The molecule has 0 radical (unpaired) electrons. The smallest absolute Gasteiger partial charge is 0.319 e. The third-order valence-electron chi connectivity index (χ3n) is 5.22. The molecule has 1 aliphatic rings. The molecule has 0 unspecified atom stereocenters. The summed E-state index contributed by atoms with van der Waals surface area (Å²) in [6, 6.07) is 14.6. The van der Waals surface area contributed by atoms with Crippen LogP contribution in [0.3, 0.4) is 0 Å². The van der Waals surface area contributed by atoms with Gasteiger partial charge in [-0.2, -0.15) is 0 Å². The molecular formula is C24H26N4O4. The van der Waals surface area contributed by atoms with E-state index >= 15 is 0 Å². The second-order valence-electron chi connectivity index (χ2n) is 7.59. The molecule has 0 atom stereocenters. The van der Waals surface area contributed by atoms with Crippen LogP contribution in [0.15, 0.2) is 59.2 Å². The van der Waals surface area contributed by atoms with Crippen molar-refractivity contribution in [2.45, 2.75) is 13.3 Å². The predicted molar refractivity (Wildman–Crippen MR) is 121 cm³/mol. The van der Waals surface area contributed by atoms with E-state index in [1.165, 1.54) is 5.56 Å². The van der Waals surface area contributed by atoms with Gasteiger partial charge in [-0.3, -0.25) is 4.79 Å². The molecule has 1 aliphatic heterocycles. The number of anilines is 1. The number of aromatic nitrogens is 1. The van der Waals surface area contributed by atoms with E-state index in [-0.39, 0.29) is 11.9 Å². The first kappa shape index (κ1) is 21.6. The number of nitrogens with one attached hydrogen (secondary N) is 2. The van der Waals surface area contributed by atoms with Crippen molar-refractivity contribution >= 4 is 17.6 Å². The number of carbonyl (C=O) groups excluding carboxylic acids is 2. The number of ether oxygens (including phenoxy) is 1. The second-order valence-corrected chi connectivity index (χ2v) is 7.59. The Kier molecular flexibility index (Phi) is 6.81. The SMILES string of the molecule is Cc1ccc(-c2nc(CCNC(=O)Nc3ccccc3C(=O)N3CCOCC3)co2)cc1. The van der Waals surface area contributed by atoms with Crippen LogP contribution in [0.2, 0.25) is 0 Å². The Balaban J connectivity index is 1.30. The summed E-state index contributed by atoms with van der Waals surface area (Å²) in [6.07, 6.45) is 2.13. The highest BCUT2D eigenvalue weighted by molar-refractivity contribution is 6.03. The van der Waals surface area contributed by atoms with Gasteiger partial charge in [0.25, 0.3) is 5.91 Å². The summed E-state index contributed by atoms with van der Waals surface area (Å²) in [5.41, 5.74) is 3.77. The number of carbonyl (C=O) groups is 2. The van der Waals surface area contributed by atoms with Gasteiger partial charge in [-0.25, -0.2) is 9.78 Å². The summed E-state index contributed by atoms with van der Waals surface area (Å²) in [5, 5.41) is 5.59. The number of hydrogen-bond acceptors (Lipinski definition) is 5. The number of morpholine rings is 1. The summed E-state index contributed by atoms with van der Waals surface area (Å²) >= 11 is 0. The normalized spacial score (nSPS) is 13.6. The number of oxazole rings is 1. The van der Waals surface area contributed by atoms with Gasteiger partial charge in [0.1, 0.15) is 6.26 Å². The van der Waals surface area contributed by atoms with Gasteiger partial charge < -0.3 is 24.7 Å². The molecule has 0 bridgehead atoms. The van der Waals surface area contributed by atoms with E-state index in [2.05, 4.69) is 15.6 Å². The van der Waals surface area contributed by atoms with Crippen LogP contribution in [-0.4, -0.2) is 54.7 Å². The van der Waals surface area contributed by atoms with Crippen LogP contribution in [0.25, 0.3) is 11.5 Å². The fourth-order valence-corrected chi connectivity index (χ4v) is 3.44. The molecule has 3 aromatic rings. The Bertz CT molecular complexity index is 1070. The van der Waals surface area contributed by atoms with Crippen molar-refractivity contribution in [1.82, 2.24) is 15.2 Å². The Morgan fingerprint density at radius 1 is 1.06 bits per heavy atom. The fraction of sp³-hybridized carbons (Fsp3) is 0.292. The van der Waals surface area contributed by atoms with Crippen molar-refractivity contribution in [3.05, 3.63) is 71.6 Å². The Morgan fingerprint density at radius 2 is 1.81 bits per heavy atom. The lowest BCUT2D eigenvalue weighted by Gasteiger charge is -2.27. The van der Waals surface area contributed by atoms with Crippen molar-refractivity contribution in [2.75, 3.05) is 38.2 Å². The van der Waals surface area contributed by atoms with E-state index in [1.54, 1.807) is 35.4 Å². The van der Waals surface area contributed by atoms with Gasteiger partial charge in [-0.15, -0.1) is 0 Å². The molecule has 0 saturated carbocycles. The average molecular weight is 434 g/mol. The molecule has 2 N–H and O–H groups in total. The molecule has 1 saturated heterocycles. The van der Waals surface area contributed by atoms with Crippen molar-refractivity contribution in [3.8, 4) is 11.5 Å². The highest BCUT2D eigenvalue weighted by atomic mass is 16.5. The zero-order valence-electron chi connectivity index (χ0n) is 18.0. The summed E-state index contributed by atoms with van der Waals surface area (Å²) in [7, 11) is 0. The number of hydrogen-bond donors (Lipinski definition) is 2. The van der Waals surface area contributed by atoms with Gasteiger partial charge >= 0.3 is 6.03 Å². The zero-order valence-corrected chi connectivity index (χ0v) is 18.0. The van der Waals surface area contributed by atoms with Crippen LogP contribution >= 0.6 is 0 Å². The maximum absolute atomic E-state index is 12.8. The third kappa shape index (κ3) is 5.33. The summed E-state index contributed by atoms with van der Waals surface area (Å²) in [5.74, 6) is 0.440. The number of rotatable bonds is 6. The van der Waals surface area contributed by atoms with Crippen molar-refractivity contribution in [3.63, 3.8) is 0 Å². The Hall–Kier alpha value is -3.65. The molecule has 32 heavy (non-hydrogen) atoms. The van der Waals surface area contributed by atoms with Crippen LogP contribution in [0.1, 0.15) is 21.6 Å². The molecule has 0 spiro atoms. The van der Waals surface area contributed by atoms with Gasteiger partial charge in [0, 0.05) is 31.6 Å². The highest BCUT2D eigenvalue weighted by Gasteiger charge is 2.21. The lowest BCUT2D eigenvalue weighted by atomic mass is 10.1. The summed E-state index contributed by atoms with van der Waals surface area (Å²) < 4.78 is 10.9. The molecule has 2 heterocycles.